The maximum atomic E-state index is 14.3. The van der Waals surface area contributed by atoms with Gasteiger partial charge in [-0.3, -0.25) is 19.5 Å². The van der Waals surface area contributed by atoms with Crippen LogP contribution in [0.3, 0.4) is 0 Å². The fourth-order valence-electron chi connectivity index (χ4n) is 8.68. The topological polar surface area (TPSA) is 204 Å². The van der Waals surface area contributed by atoms with E-state index in [9.17, 15) is 36.7 Å². The molecule has 0 radical (unpaired) electrons. The van der Waals surface area contributed by atoms with Crippen LogP contribution >= 0.6 is 12.4 Å². The Morgan fingerprint density at radius 1 is 0.902 bits per heavy atom. The van der Waals surface area contributed by atoms with E-state index in [2.05, 4.69) is 31.3 Å². The number of alkyl halides is 4. The molecule has 1 saturated heterocycles. The third-order valence-corrected chi connectivity index (χ3v) is 12.3. The van der Waals surface area contributed by atoms with Crippen LogP contribution in [0.4, 0.5) is 23.2 Å². The molecule has 3 amide bonds. The first-order chi connectivity index (χ1) is 28.6. The molecule has 0 spiro atoms. The van der Waals surface area contributed by atoms with Crippen LogP contribution in [0, 0.1) is 24.7 Å². The van der Waals surface area contributed by atoms with Gasteiger partial charge in [-0.1, -0.05) is 30.3 Å². The van der Waals surface area contributed by atoms with Crippen molar-refractivity contribution in [3.63, 3.8) is 0 Å². The van der Waals surface area contributed by atoms with E-state index < -0.39 is 41.4 Å². The lowest BCUT2D eigenvalue weighted by molar-refractivity contribution is -0.231. The third kappa shape index (κ3) is 9.73. The van der Waals surface area contributed by atoms with Crippen LogP contribution in [-0.4, -0.2) is 81.1 Å². The molecule has 3 fully saturated rings. The number of anilines is 1. The third-order valence-electron chi connectivity index (χ3n) is 12.3. The Morgan fingerprint density at radius 3 is 2.25 bits per heavy atom. The SMILES string of the molecule is Cc1cc(C(=O)NC2CCC3NCCC32)ccc1-c1ccc(C[C@H](NC(=O)C2CCC(CN)CC2)C(=O)Nc2ccc(-c3n[nH]c(C(F)(F)C(F)(F)C(=O)O)n3)cc2)cc1.Cl. The molecule has 326 valence electrons. The van der Waals surface area contributed by atoms with Gasteiger partial charge in [0.25, 0.3) is 5.91 Å². The molecule has 3 aliphatic rings. The van der Waals surface area contributed by atoms with E-state index in [0.717, 1.165) is 60.9 Å². The number of carboxylic acids is 1. The summed E-state index contributed by atoms with van der Waals surface area (Å²) in [5, 5.41) is 26.3. The van der Waals surface area contributed by atoms with Crippen LogP contribution in [0.25, 0.3) is 22.5 Å². The number of carboxylic acid groups (broad SMARTS) is 1. The molecule has 2 heterocycles. The van der Waals surface area contributed by atoms with Gasteiger partial charge in [-0.15, -0.1) is 12.4 Å². The summed E-state index contributed by atoms with van der Waals surface area (Å²) in [6.07, 6.45) is 6.21. The highest BCUT2D eigenvalue weighted by molar-refractivity contribution is 5.98. The number of fused-ring (bicyclic) bond motifs is 1. The lowest BCUT2D eigenvalue weighted by atomic mass is 9.81. The standard InChI is InChI=1S/C43H48F4N8O5.ClH/c1-23-20-29(38(57)51-34-17-16-33-32(34)18-19-49-33)12-15-31(23)26-6-2-24(3-7-26)21-35(52-37(56)28-8-4-25(22-48)5-9-28)39(58)50-30-13-10-27(11-14-30)36-53-40(55-54-36)42(44,45)43(46,47)41(59)60;/h2-3,6-7,10-15,20,25,28,32-35,49H,4-5,8-9,16-19,21-22,48H2,1H3,(H,50,58)(H,51,57)(H,52,56)(H,59,60)(H,53,54,55);1H/t25?,28?,32?,33?,34?,35-;/m0./s1. The van der Waals surface area contributed by atoms with Gasteiger partial charge in [-0.25, -0.2) is 9.78 Å². The molecule has 1 aliphatic heterocycles. The number of benzene rings is 3. The van der Waals surface area contributed by atoms with Crippen molar-refractivity contribution in [3.8, 4) is 22.5 Å². The highest BCUT2D eigenvalue weighted by Crippen LogP contribution is 2.42. The summed E-state index contributed by atoms with van der Waals surface area (Å²) in [6, 6.07) is 18.5. The Labute approximate surface area is 355 Å². The quantitative estimate of drug-likeness (QED) is 0.0744. The number of H-pyrrole nitrogens is 1. The van der Waals surface area contributed by atoms with E-state index in [1.54, 1.807) is 5.10 Å². The van der Waals surface area contributed by atoms with Crippen LogP contribution in [0.1, 0.15) is 72.3 Å². The molecule has 7 rings (SSSR count). The monoisotopic (exact) mass is 868 g/mol. The number of aromatic nitrogens is 3. The number of carbonyl (C=O) groups is 4. The summed E-state index contributed by atoms with van der Waals surface area (Å²) < 4.78 is 55.9. The number of aromatic amines is 1. The minimum Gasteiger partial charge on any atom is -0.477 e. The largest absolute Gasteiger partial charge is 0.477 e. The van der Waals surface area contributed by atoms with E-state index >= 15 is 0 Å². The first-order valence-corrected chi connectivity index (χ1v) is 20.2. The number of hydrogen-bond acceptors (Lipinski definition) is 8. The van der Waals surface area contributed by atoms with E-state index in [0.29, 0.717) is 42.8 Å². The van der Waals surface area contributed by atoms with Gasteiger partial charge in [0, 0.05) is 41.2 Å². The van der Waals surface area contributed by atoms with Crippen molar-refractivity contribution < 1.29 is 41.8 Å². The molecule has 3 aromatic carbocycles. The van der Waals surface area contributed by atoms with Gasteiger partial charge < -0.3 is 32.1 Å². The maximum Gasteiger partial charge on any atom is 0.411 e. The fraction of sp³-hybridized carbons (Fsp3) is 0.442. The second kappa shape index (κ2) is 18.7. The van der Waals surface area contributed by atoms with Gasteiger partial charge >= 0.3 is 17.8 Å². The van der Waals surface area contributed by atoms with Crippen LogP contribution < -0.4 is 27.0 Å². The molecule has 4 atom stereocenters. The van der Waals surface area contributed by atoms with E-state index in [1.165, 1.54) is 24.3 Å². The van der Waals surface area contributed by atoms with Crippen LogP contribution in [0.2, 0.25) is 0 Å². The predicted molar refractivity (Wildman–Crippen MR) is 221 cm³/mol. The number of nitrogens with zero attached hydrogens (tertiary/aromatic N) is 2. The van der Waals surface area contributed by atoms with Crippen molar-refractivity contribution in [1.29, 1.82) is 0 Å². The van der Waals surface area contributed by atoms with Gasteiger partial charge in [0.15, 0.2) is 5.82 Å². The normalized spacial score (nSPS) is 21.8. The summed E-state index contributed by atoms with van der Waals surface area (Å²) in [7, 11) is 0. The Balaban J connectivity index is 0.00000622. The molecule has 18 heteroatoms. The number of aliphatic carboxylic acids is 1. The number of carbonyl (C=O) groups excluding carboxylic acids is 3. The molecule has 4 aromatic rings. The van der Waals surface area contributed by atoms with Gasteiger partial charge in [0.2, 0.25) is 17.6 Å². The van der Waals surface area contributed by atoms with E-state index in [4.69, 9.17) is 10.8 Å². The van der Waals surface area contributed by atoms with Crippen molar-refractivity contribution in [1.82, 2.24) is 31.1 Å². The highest BCUT2D eigenvalue weighted by atomic mass is 35.5. The Kier molecular flexibility index (Phi) is 13.8. The minimum atomic E-state index is -5.44. The number of amides is 3. The van der Waals surface area contributed by atoms with Crippen molar-refractivity contribution in [2.75, 3.05) is 18.4 Å². The van der Waals surface area contributed by atoms with Crippen molar-refractivity contribution in [3.05, 3.63) is 89.2 Å². The van der Waals surface area contributed by atoms with Crippen LogP contribution in [0.5, 0.6) is 0 Å². The molecule has 2 saturated carbocycles. The van der Waals surface area contributed by atoms with Crippen molar-refractivity contribution in [2.45, 2.75) is 88.3 Å². The van der Waals surface area contributed by atoms with Crippen LogP contribution in [0.15, 0.2) is 66.7 Å². The Bertz CT molecular complexity index is 2220. The lowest BCUT2D eigenvalue weighted by Gasteiger charge is -2.28. The molecule has 8 N–H and O–H groups in total. The number of nitrogens with one attached hydrogen (secondary N) is 5. The zero-order valence-corrected chi connectivity index (χ0v) is 34.2. The second-order valence-electron chi connectivity index (χ2n) is 16.1. The van der Waals surface area contributed by atoms with Gasteiger partial charge in [0.05, 0.1) is 0 Å². The molecule has 13 nitrogen and oxygen atoms in total. The summed E-state index contributed by atoms with van der Waals surface area (Å²) in [6.45, 7) is 3.50. The summed E-state index contributed by atoms with van der Waals surface area (Å²) in [4.78, 5) is 54.7. The molecular formula is C43H49ClF4N8O5. The molecule has 2 aliphatic carbocycles. The van der Waals surface area contributed by atoms with E-state index in [1.807, 2.05) is 49.4 Å². The number of halogens is 5. The fourth-order valence-corrected chi connectivity index (χ4v) is 8.68. The smallest absolute Gasteiger partial charge is 0.411 e. The number of aryl methyl sites for hydroxylation is 1. The van der Waals surface area contributed by atoms with Crippen molar-refractivity contribution in [2.24, 2.45) is 23.5 Å². The zero-order valence-electron chi connectivity index (χ0n) is 33.4. The highest BCUT2D eigenvalue weighted by Gasteiger charge is 2.65. The molecular weight excluding hydrogens is 820 g/mol. The summed E-state index contributed by atoms with van der Waals surface area (Å²) in [5.41, 5.74) is 10.4. The molecule has 0 bridgehead atoms. The van der Waals surface area contributed by atoms with Gasteiger partial charge in [-0.2, -0.15) is 22.7 Å². The summed E-state index contributed by atoms with van der Waals surface area (Å²) in [5.74, 6) is -15.9. The maximum absolute atomic E-state index is 14.3. The predicted octanol–water partition coefficient (Wildman–Crippen LogP) is 5.98. The van der Waals surface area contributed by atoms with Gasteiger partial charge in [0.1, 0.15) is 6.04 Å². The minimum absolute atomic E-state index is 0. The number of hydrogen-bond donors (Lipinski definition) is 7. The summed E-state index contributed by atoms with van der Waals surface area (Å²) >= 11 is 0. The number of nitrogens with two attached hydrogens (primary N) is 1. The average molecular weight is 869 g/mol. The first kappa shape index (κ1) is 45.1. The molecule has 61 heavy (non-hydrogen) atoms. The molecule has 1 aromatic heterocycles. The first-order valence-electron chi connectivity index (χ1n) is 20.2. The van der Waals surface area contributed by atoms with Crippen LogP contribution in [-0.2, 0) is 26.7 Å². The Hall–Kier alpha value is -5.39. The van der Waals surface area contributed by atoms with Crippen molar-refractivity contribution >= 4 is 41.8 Å². The molecule has 3 unspecified atom stereocenters. The van der Waals surface area contributed by atoms with Gasteiger partial charge in [-0.05, 0) is 135 Å². The van der Waals surface area contributed by atoms with E-state index in [-0.39, 0.29) is 53.9 Å². The lowest BCUT2D eigenvalue weighted by Crippen LogP contribution is -2.48. The average Bonchev–Trinajstić information content (AvgIpc) is 4.01. The zero-order chi connectivity index (χ0) is 42.8. The Morgan fingerprint density at radius 2 is 1.59 bits per heavy atom. The second-order valence-corrected chi connectivity index (χ2v) is 16.1. The number of rotatable bonds is 14.